The summed E-state index contributed by atoms with van der Waals surface area (Å²) in [5, 5.41) is 3.03. The third kappa shape index (κ3) is 4.45. The van der Waals surface area contributed by atoms with Crippen molar-refractivity contribution in [1.29, 1.82) is 0 Å². The minimum Gasteiger partial charge on any atom is -0.461 e. The van der Waals surface area contributed by atoms with Gasteiger partial charge in [0, 0.05) is 6.54 Å². The van der Waals surface area contributed by atoms with E-state index in [4.69, 9.17) is 16.3 Å². The Morgan fingerprint density at radius 1 is 1.40 bits per heavy atom. The van der Waals surface area contributed by atoms with Gasteiger partial charge in [-0.2, -0.15) is 15.0 Å². The number of nitrogens with zero attached hydrogens (tertiary/aromatic N) is 3. The van der Waals surface area contributed by atoms with Crippen LogP contribution in [0, 0.1) is 5.92 Å². The first-order valence-electron chi connectivity index (χ1n) is 6.36. The highest BCUT2D eigenvalue weighted by Crippen LogP contribution is 2.19. The van der Waals surface area contributed by atoms with Gasteiger partial charge in [0.15, 0.2) is 9.84 Å². The lowest BCUT2D eigenvalue weighted by Gasteiger charge is -2.11. The molecular formula is C11H17ClN4O3S. The van der Waals surface area contributed by atoms with E-state index in [1.54, 1.807) is 0 Å². The van der Waals surface area contributed by atoms with Crippen LogP contribution in [0.5, 0.6) is 6.01 Å². The van der Waals surface area contributed by atoms with Crippen LogP contribution >= 0.6 is 11.6 Å². The van der Waals surface area contributed by atoms with Crippen LogP contribution in [0.25, 0.3) is 0 Å². The van der Waals surface area contributed by atoms with Crippen LogP contribution in [0.3, 0.4) is 0 Å². The Bertz CT molecular complexity index is 579. The van der Waals surface area contributed by atoms with E-state index >= 15 is 0 Å². The third-order valence-electron chi connectivity index (χ3n) is 2.80. The SMILES string of the molecule is CC(C)Oc1nc(Cl)nc(NCC2CCS(=O)(=O)C2)n1. The maximum Gasteiger partial charge on any atom is 0.322 e. The molecule has 0 amide bonds. The van der Waals surface area contributed by atoms with Crippen LogP contribution in [0.4, 0.5) is 5.95 Å². The second kappa shape index (κ2) is 6.09. The van der Waals surface area contributed by atoms with Crippen LogP contribution in [-0.2, 0) is 9.84 Å². The molecule has 1 aromatic heterocycles. The molecule has 1 N–H and O–H groups in total. The topological polar surface area (TPSA) is 94.1 Å². The molecule has 1 saturated heterocycles. The minimum atomic E-state index is -2.88. The molecule has 1 aliphatic rings. The quantitative estimate of drug-likeness (QED) is 0.869. The highest BCUT2D eigenvalue weighted by atomic mass is 35.5. The summed E-state index contributed by atoms with van der Waals surface area (Å²) in [6.07, 6.45) is 0.588. The van der Waals surface area contributed by atoms with Crippen LogP contribution in [0.2, 0.25) is 5.28 Å². The molecule has 0 spiro atoms. The lowest BCUT2D eigenvalue weighted by Crippen LogP contribution is -2.18. The fraction of sp³-hybridized carbons (Fsp3) is 0.727. The number of ether oxygens (including phenoxy) is 1. The summed E-state index contributed by atoms with van der Waals surface area (Å²) in [5.41, 5.74) is 0. The van der Waals surface area contributed by atoms with E-state index in [-0.39, 0.29) is 34.8 Å². The van der Waals surface area contributed by atoms with Gasteiger partial charge in [-0.25, -0.2) is 8.42 Å². The van der Waals surface area contributed by atoms with Gasteiger partial charge in [-0.05, 0) is 37.8 Å². The van der Waals surface area contributed by atoms with Crippen molar-refractivity contribution in [2.75, 3.05) is 23.4 Å². The monoisotopic (exact) mass is 320 g/mol. The van der Waals surface area contributed by atoms with Gasteiger partial charge in [-0.3, -0.25) is 0 Å². The maximum absolute atomic E-state index is 11.4. The fourth-order valence-electron chi connectivity index (χ4n) is 1.94. The van der Waals surface area contributed by atoms with Gasteiger partial charge in [-0.1, -0.05) is 0 Å². The smallest absolute Gasteiger partial charge is 0.322 e. The molecule has 0 radical (unpaired) electrons. The van der Waals surface area contributed by atoms with Crippen molar-refractivity contribution in [2.24, 2.45) is 5.92 Å². The number of halogens is 1. The van der Waals surface area contributed by atoms with Crippen molar-refractivity contribution in [3.8, 4) is 6.01 Å². The molecule has 0 saturated carbocycles. The first-order chi connectivity index (χ1) is 9.34. The molecule has 20 heavy (non-hydrogen) atoms. The van der Waals surface area contributed by atoms with Crippen molar-refractivity contribution < 1.29 is 13.2 Å². The number of rotatable bonds is 5. The lowest BCUT2D eigenvalue weighted by atomic mass is 10.1. The zero-order valence-electron chi connectivity index (χ0n) is 11.3. The van der Waals surface area contributed by atoms with E-state index in [0.717, 1.165) is 0 Å². The fourth-order valence-corrected chi connectivity index (χ4v) is 3.96. The predicted molar refractivity (Wildman–Crippen MR) is 75.9 cm³/mol. The first kappa shape index (κ1) is 15.2. The highest BCUT2D eigenvalue weighted by molar-refractivity contribution is 7.91. The van der Waals surface area contributed by atoms with Crippen molar-refractivity contribution >= 4 is 27.4 Å². The van der Waals surface area contributed by atoms with Crippen LogP contribution in [-0.4, -0.2) is 47.5 Å². The lowest BCUT2D eigenvalue weighted by molar-refractivity contribution is 0.222. The molecule has 2 heterocycles. The number of hydrogen-bond acceptors (Lipinski definition) is 7. The van der Waals surface area contributed by atoms with Crippen LogP contribution in [0.1, 0.15) is 20.3 Å². The second-order valence-corrected chi connectivity index (χ2v) is 7.59. The summed E-state index contributed by atoms with van der Waals surface area (Å²) < 4.78 is 28.1. The average molecular weight is 321 g/mol. The second-order valence-electron chi connectivity index (χ2n) is 5.03. The molecule has 112 valence electrons. The van der Waals surface area contributed by atoms with Crippen molar-refractivity contribution in [1.82, 2.24) is 15.0 Å². The Kier molecular flexibility index (Phi) is 4.64. The molecule has 1 atom stereocenters. The Hall–Kier alpha value is -1.15. The normalized spacial score (nSPS) is 21.1. The molecular weight excluding hydrogens is 304 g/mol. The first-order valence-corrected chi connectivity index (χ1v) is 8.56. The van der Waals surface area contributed by atoms with Gasteiger partial charge < -0.3 is 10.1 Å². The van der Waals surface area contributed by atoms with Crippen LogP contribution in [0.15, 0.2) is 0 Å². The van der Waals surface area contributed by atoms with Gasteiger partial charge in [0.05, 0.1) is 17.6 Å². The summed E-state index contributed by atoms with van der Waals surface area (Å²) >= 11 is 5.80. The molecule has 1 unspecified atom stereocenters. The number of sulfone groups is 1. The third-order valence-corrected chi connectivity index (χ3v) is 4.81. The molecule has 7 nitrogen and oxygen atoms in total. The van der Waals surface area contributed by atoms with E-state index in [9.17, 15) is 8.42 Å². The number of hydrogen-bond donors (Lipinski definition) is 1. The van der Waals surface area contributed by atoms with Gasteiger partial charge >= 0.3 is 6.01 Å². The van der Waals surface area contributed by atoms with E-state index in [1.165, 1.54) is 0 Å². The van der Waals surface area contributed by atoms with Crippen molar-refractivity contribution in [3.63, 3.8) is 0 Å². The minimum absolute atomic E-state index is 0.0391. The molecule has 1 aliphatic heterocycles. The summed E-state index contributed by atoms with van der Waals surface area (Å²) in [6.45, 7) is 4.20. The Morgan fingerprint density at radius 2 is 2.15 bits per heavy atom. The zero-order valence-corrected chi connectivity index (χ0v) is 12.9. The average Bonchev–Trinajstić information content (AvgIpc) is 2.65. The highest BCUT2D eigenvalue weighted by Gasteiger charge is 2.27. The largest absolute Gasteiger partial charge is 0.461 e. The standard InChI is InChI=1S/C11H17ClN4O3S/c1-7(2)19-11-15-9(12)14-10(16-11)13-5-8-3-4-20(17,18)6-8/h7-8H,3-6H2,1-2H3,(H,13,14,15,16). The van der Waals surface area contributed by atoms with Crippen LogP contribution < -0.4 is 10.1 Å². The van der Waals surface area contributed by atoms with Gasteiger partial charge in [0.2, 0.25) is 11.2 Å². The number of anilines is 1. The number of aromatic nitrogens is 3. The van der Waals surface area contributed by atoms with Gasteiger partial charge in [0.1, 0.15) is 0 Å². The van der Waals surface area contributed by atoms with E-state index in [2.05, 4.69) is 20.3 Å². The van der Waals surface area contributed by atoms with E-state index in [0.29, 0.717) is 18.9 Å². The molecule has 0 aliphatic carbocycles. The predicted octanol–water partition coefficient (Wildman–Crippen LogP) is 1.16. The molecule has 0 bridgehead atoms. The number of nitrogens with one attached hydrogen (secondary N) is 1. The Labute approximate surface area is 123 Å². The molecule has 1 aromatic rings. The summed E-state index contributed by atoms with van der Waals surface area (Å²) in [7, 11) is -2.88. The van der Waals surface area contributed by atoms with Gasteiger partial charge in [0.25, 0.3) is 0 Å². The van der Waals surface area contributed by atoms with Crippen molar-refractivity contribution in [2.45, 2.75) is 26.4 Å². The van der Waals surface area contributed by atoms with Crippen molar-refractivity contribution in [3.05, 3.63) is 5.28 Å². The summed E-state index contributed by atoms with van der Waals surface area (Å²) in [4.78, 5) is 11.9. The molecule has 9 heteroatoms. The molecule has 1 fully saturated rings. The van der Waals surface area contributed by atoms with E-state index < -0.39 is 9.84 Å². The van der Waals surface area contributed by atoms with Gasteiger partial charge in [-0.15, -0.1) is 0 Å². The maximum atomic E-state index is 11.4. The summed E-state index contributed by atoms with van der Waals surface area (Å²) in [5.74, 6) is 0.822. The summed E-state index contributed by atoms with van der Waals surface area (Å²) in [6, 6.07) is 0.154. The Balaban J connectivity index is 1.97. The molecule has 0 aromatic carbocycles. The zero-order chi connectivity index (χ0) is 14.8. The Morgan fingerprint density at radius 3 is 2.75 bits per heavy atom. The van der Waals surface area contributed by atoms with E-state index in [1.807, 2.05) is 13.8 Å². The molecule has 2 rings (SSSR count).